The van der Waals surface area contributed by atoms with Crippen LogP contribution in [0.1, 0.15) is 39.3 Å². The van der Waals surface area contributed by atoms with Crippen LogP contribution in [-0.2, 0) is 14.3 Å². The molecule has 2 atom stereocenters. The average Bonchev–Trinajstić information content (AvgIpc) is 2.42. The Labute approximate surface area is 125 Å². The first-order valence-corrected chi connectivity index (χ1v) is 6.87. The summed E-state index contributed by atoms with van der Waals surface area (Å²) in [5.74, 6) is -0.912. The van der Waals surface area contributed by atoms with E-state index in [1.165, 1.54) is 7.11 Å². The zero-order chi connectivity index (χ0) is 16.0. The van der Waals surface area contributed by atoms with Crippen LogP contribution < -0.4 is 5.32 Å². The Balaban J connectivity index is 2.93. The van der Waals surface area contributed by atoms with Crippen molar-refractivity contribution in [2.75, 3.05) is 7.11 Å². The van der Waals surface area contributed by atoms with E-state index in [1.807, 2.05) is 30.3 Å². The Morgan fingerprint density at radius 1 is 1.14 bits per heavy atom. The fraction of sp³-hybridized carbons (Fsp3) is 0.500. The maximum Gasteiger partial charge on any atom is 0.408 e. The van der Waals surface area contributed by atoms with E-state index >= 15 is 0 Å². The predicted octanol–water partition coefficient (Wildman–Crippen LogP) is 3.06. The molecule has 0 radical (unpaired) electrons. The van der Waals surface area contributed by atoms with Gasteiger partial charge in [0.1, 0.15) is 5.60 Å². The number of rotatable bonds is 4. The largest absolute Gasteiger partial charge is 0.469 e. The molecule has 1 N–H and O–H groups in total. The van der Waals surface area contributed by atoms with Gasteiger partial charge in [0, 0.05) is 0 Å². The monoisotopic (exact) mass is 293 g/mol. The van der Waals surface area contributed by atoms with Crippen LogP contribution in [0.25, 0.3) is 0 Å². The van der Waals surface area contributed by atoms with Gasteiger partial charge in [0.2, 0.25) is 0 Å². The first-order valence-electron chi connectivity index (χ1n) is 6.87. The predicted molar refractivity (Wildman–Crippen MR) is 79.7 cm³/mol. The second-order valence-electron chi connectivity index (χ2n) is 5.85. The number of hydrogen-bond donors (Lipinski definition) is 1. The summed E-state index contributed by atoms with van der Waals surface area (Å²) in [6.07, 6.45) is -0.563. The smallest absolute Gasteiger partial charge is 0.408 e. The molecule has 0 fully saturated rings. The first kappa shape index (κ1) is 17.0. The van der Waals surface area contributed by atoms with Crippen molar-refractivity contribution in [2.24, 2.45) is 5.92 Å². The van der Waals surface area contributed by atoms with E-state index in [0.29, 0.717) is 0 Å². The summed E-state index contributed by atoms with van der Waals surface area (Å²) in [6, 6.07) is 8.76. The van der Waals surface area contributed by atoms with Crippen LogP contribution in [0, 0.1) is 5.92 Å². The fourth-order valence-electron chi connectivity index (χ4n) is 1.91. The molecule has 1 rings (SSSR count). The number of nitrogens with one attached hydrogen (secondary N) is 1. The lowest BCUT2D eigenvalue weighted by atomic mass is 9.94. The van der Waals surface area contributed by atoms with Gasteiger partial charge in [-0.2, -0.15) is 0 Å². The zero-order valence-electron chi connectivity index (χ0n) is 13.2. The quantitative estimate of drug-likeness (QED) is 0.867. The molecule has 0 saturated carbocycles. The number of ether oxygens (including phenoxy) is 2. The lowest BCUT2D eigenvalue weighted by Gasteiger charge is -2.26. The van der Waals surface area contributed by atoms with Gasteiger partial charge in [0.25, 0.3) is 0 Å². The molecular weight excluding hydrogens is 270 g/mol. The van der Waals surface area contributed by atoms with E-state index in [1.54, 1.807) is 27.7 Å². The summed E-state index contributed by atoms with van der Waals surface area (Å²) in [7, 11) is 1.33. The number of carbonyl (C=O) groups excluding carboxylic acids is 2. The summed E-state index contributed by atoms with van der Waals surface area (Å²) in [6.45, 7) is 7.07. The lowest BCUT2D eigenvalue weighted by molar-refractivity contribution is -0.145. The van der Waals surface area contributed by atoms with Gasteiger partial charge in [-0.3, -0.25) is 4.79 Å². The minimum absolute atomic E-state index is 0.389. The molecule has 5 heteroatoms. The fourth-order valence-corrected chi connectivity index (χ4v) is 1.91. The Morgan fingerprint density at radius 2 is 1.71 bits per heavy atom. The summed E-state index contributed by atoms with van der Waals surface area (Å²) < 4.78 is 10.0. The van der Waals surface area contributed by atoms with E-state index in [2.05, 4.69) is 5.32 Å². The number of esters is 1. The van der Waals surface area contributed by atoms with E-state index < -0.39 is 23.7 Å². The van der Waals surface area contributed by atoms with Gasteiger partial charge >= 0.3 is 12.1 Å². The van der Waals surface area contributed by atoms with Gasteiger partial charge in [-0.25, -0.2) is 4.79 Å². The maximum absolute atomic E-state index is 12.0. The number of benzene rings is 1. The van der Waals surface area contributed by atoms with E-state index in [9.17, 15) is 9.59 Å². The highest BCUT2D eigenvalue weighted by atomic mass is 16.6. The molecule has 0 aromatic heterocycles. The molecule has 116 valence electrons. The van der Waals surface area contributed by atoms with Gasteiger partial charge in [-0.15, -0.1) is 0 Å². The normalized spacial score (nSPS) is 14.0. The van der Waals surface area contributed by atoms with Crippen LogP contribution in [0.5, 0.6) is 0 Å². The average molecular weight is 293 g/mol. The van der Waals surface area contributed by atoms with Crippen molar-refractivity contribution in [3.63, 3.8) is 0 Å². The highest BCUT2D eigenvalue weighted by Gasteiger charge is 2.29. The molecule has 0 aliphatic carbocycles. The molecule has 0 spiro atoms. The van der Waals surface area contributed by atoms with Crippen molar-refractivity contribution in [1.29, 1.82) is 0 Å². The van der Waals surface area contributed by atoms with Crippen molar-refractivity contribution in [1.82, 2.24) is 5.32 Å². The number of alkyl carbamates (subject to hydrolysis) is 1. The highest BCUT2D eigenvalue weighted by molar-refractivity contribution is 5.75. The molecule has 0 saturated heterocycles. The van der Waals surface area contributed by atoms with Crippen molar-refractivity contribution < 1.29 is 19.1 Å². The van der Waals surface area contributed by atoms with E-state index in [-0.39, 0.29) is 5.97 Å². The summed E-state index contributed by atoms with van der Waals surface area (Å²) in [4.78, 5) is 23.8. The number of hydrogen-bond acceptors (Lipinski definition) is 4. The third kappa shape index (κ3) is 5.45. The van der Waals surface area contributed by atoms with E-state index in [0.717, 1.165) is 5.56 Å². The lowest BCUT2D eigenvalue weighted by Crippen LogP contribution is -2.39. The number of methoxy groups -OCH3 is 1. The topological polar surface area (TPSA) is 64.6 Å². The molecule has 1 aromatic carbocycles. The van der Waals surface area contributed by atoms with Gasteiger partial charge in [0.15, 0.2) is 0 Å². The van der Waals surface area contributed by atoms with Gasteiger partial charge < -0.3 is 14.8 Å². The summed E-state index contributed by atoms with van der Waals surface area (Å²) >= 11 is 0. The Morgan fingerprint density at radius 3 is 2.19 bits per heavy atom. The molecule has 21 heavy (non-hydrogen) atoms. The third-order valence-electron chi connectivity index (χ3n) is 2.90. The van der Waals surface area contributed by atoms with Crippen LogP contribution in [0.2, 0.25) is 0 Å². The molecule has 0 bridgehead atoms. The SMILES string of the molecule is COC(=O)[C@H](C)[C@H](NC(=O)OC(C)(C)C)c1ccccc1. The summed E-state index contributed by atoms with van der Waals surface area (Å²) in [5.41, 5.74) is 0.223. The number of amides is 1. The molecule has 0 aliphatic rings. The zero-order valence-corrected chi connectivity index (χ0v) is 13.2. The van der Waals surface area contributed by atoms with Crippen LogP contribution in [0.4, 0.5) is 4.79 Å². The molecular formula is C16H23NO4. The Bertz CT molecular complexity index is 479. The van der Waals surface area contributed by atoms with Gasteiger partial charge in [0.05, 0.1) is 19.1 Å². The third-order valence-corrected chi connectivity index (χ3v) is 2.90. The second-order valence-corrected chi connectivity index (χ2v) is 5.85. The van der Waals surface area contributed by atoms with Crippen molar-refractivity contribution >= 4 is 12.1 Å². The Hall–Kier alpha value is -2.04. The van der Waals surface area contributed by atoms with Gasteiger partial charge in [-0.05, 0) is 33.3 Å². The molecule has 0 unspecified atom stereocenters. The molecule has 1 aromatic rings. The van der Waals surface area contributed by atoms with Crippen LogP contribution >= 0.6 is 0 Å². The van der Waals surface area contributed by atoms with Crippen molar-refractivity contribution in [2.45, 2.75) is 39.3 Å². The Kier molecular flexibility index (Phi) is 5.76. The van der Waals surface area contributed by atoms with Gasteiger partial charge in [-0.1, -0.05) is 30.3 Å². The minimum atomic E-state index is -0.597. The highest BCUT2D eigenvalue weighted by Crippen LogP contribution is 2.23. The minimum Gasteiger partial charge on any atom is -0.469 e. The van der Waals surface area contributed by atoms with E-state index in [4.69, 9.17) is 9.47 Å². The molecule has 0 heterocycles. The second kappa shape index (κ2) is 7.11. The summed E-state index contributed by atoms with van der Waals surface area (Å²) in [5, 5.41) is 2.74. The standard InChI is InChI=1S/C16H23NO4/c1-11(14(18)20-5)13(12-9-7-6-8-10-12)17-15(19)21-16(2,3)4/h6-11,13H,1-5H3,(H,17,19)/t11-,13+/m1/s1. The molecule has 1 amide bonds. The number of carbonyl (C=O) groups is 2. The van der Waals surface area contributed by atoms with Crippen LogP contribution in [0.15, 0.2) is 30.3 Å². The van der Waals surface area contributed by atoms with Crippen LogP contribution in [-0.4, -0.2) is 24.8 Å². The first-order chi connectivity index (χ1) is 9.74. The maximum atomic E-state index is 12.0. The molecule has 5 nitrogen and oxygen atoms in total. The van der Waals surface area contributed by atoms with Crippen LogP contribution in [0.3, 0.4) is 0 Å². The van der Waals surface area contributed by atoms with Crippen molar-refractivity contribution in [3.05, 3.63) is 35.9 Å². The van der Waals surface area contributed by atoms with Crippen molar-refractivity contribution in [3.8, 4) is 0 Å². The molecule has 0 aliphatic heterocycles.